The molecule has 2 N–H and O–H groups in total. The summed E-state index contributed by atoms with van der Waals surface area (Å²) in [7, 11) is 0. The van der Waals surface area contributed by atoms with Crippen LogP contribution in [0.1, 0.15) is 40.0 Å². The SMILES string of the molecule is CC(C)(C)OC(=O)CC1CC(=O)CC1CN. The van der Waals surface area contributed by atoms with Crippen molar-refractivity contribution >= 4 is 11.8 Å². The van der Waals surface area contributed by atoms with E-state index >= 15 is 0 Å². The average molecular weight is 227 g/mol. The molecule has 1 saturated carbocycles. The molecule has 0 aromatic rings. The molecule has 1 fully saturated rings. The number of ether oxygens (including phenoxy) is 1. The highest BCUT2D eigenvalue weighted by Crippen LogP contribution is 2.31. The van der Waals surface area contributed by atoms with Gasteiger partial charge in [0.2, 0.25) is 0 Å². The highest BCUT2D eigenvalue weighted by molar-refractivity contribution is 5.82. The second kappa shape index (κ2) is 4.95. The van der Waals surface area contributed by atoms with Gasteiger partial charge in [0, 0.05) is 19.3 Å². The third kappa shape index (κ3) is 3.93. The molecule has 0 radical (unpaired) electrons. The predicted molar refractivity (Wildman–Crippen MR) is 60.7 cm³/mol. The van der Waals surface area contributed by atoms with Crippen LogP contribution in [0.4, 0.5) is 0 Å². The van der Waals surface area contributed by atoms with Gasteiger partial charge >= 0.3 is 5.97 Å². The molecule has 0 amide bonds. The minimum absolute atomic E-state index is 0.0762. The summed E-state index contributed by atoms with van der Waals surface area (Å²) in [6.45, 7) is 5.99. The van der Waals surface area contributed by atoms with E-state index in [-0.39, 0.29) is 23.6 Å². The molecule has 0 spiro atoms. The number of ketones is 1. The van der Waals surface area contributed by atoms with Crippen LogP contribution in [-0.4, -0.2) is 23.9 Å². The maximum Gasteiger partial charge on any atom is 0.306 e. The minimum Gasteiger partial charge on any atom is -0.460 e. The summed E-state index contributed by atoms with van der Waals surface area (Å²) < 4.78 is 5.24. The van der Waals surface area contributed by atoms with E-state index in [2.05, 4.69) is 0 Å². The van der Waals surface area contributed by atoms with Crippen molar-refractivity contribution in [3.05, 3.63) is 0 Å². The van der Waals surface area contributed by atoms with Gasteiger partial charge in [0.15, 0.2) is 0 Å². The van der Waals surface area contributed by atoms with Crippen LogP contribution < -0.4 is 5.73 Å². The van der Waals surface area contributed by atoms with Gasteiger partial charge in [-0.05, 0) is 39.2 Å². The number of carbonyl (C=O) groups is 2. The van der Waals surface area contributed by atoms with Crippen molar-refractivity contribution in [2.45, 2.75) is 45.6 Å². The van der Waals surface area contributed by atoms with E-state index in [1.165, 1.54) is 0 Å². The zero-order valence-electron chi connectivity index (χ0n) is 10.3. The second-order valence-electron chi connectivity index (χ2n) is 5.49. The van der Waals surface area contributed by atoms with E-state index in [0.29, 0.717) is 25.8 Å². The number of Topliss-reactive ketones (excluding diaryl/α,β-unsaturated/α-hetero) is 1. The molecule has 92 valence electrons. The number of rotatable bonds is 3. The van der Waals surface area contributed by atoms with Gasteiger partial charge in [-0.25, -0.2) is 0 Å². The quantitative estimate of drug-likeness (QED) is 0.737. The normalized spacial score (nSPS) is 25.9. The van der Waals surface area contributed by atoms with E-state index in [1.54, 1.807) is 0 Å². The van der Waals surface area contributed by atoms with Gasteiger partial charge < -0.3 is 10.5 Å². The first-order chi connectivity index (χ1) is 7.31. The van der Waals surface area contributed by atoms with Gasteiger partial charge in [0.05, 0.1) is 0 Å². The molecular weight excluding hydrogens is 206 g/mol. The molecule has 0 bridgehead atoms. The molecule has 1 aliphatic rings. The number of hydrogen-bond acceptors (Lipinski definition) is 4. The fourth-order valence-electron chi connectivity index (χ4n) is 2.11. The molecule has 16 heavy (non-hydrogen) atoms. The molecule has 4 nitrogen and oxygen atoms in total. The standard InChI is InChI=1S/C12H21NO3/c1-12(2,3)16-11(15)6-8-4-10(14)5-9(8)7-13/h8-9H,4-7,13H2,1-3H3. The highest BCUT2D eigenvalue weighted by atomic mass is 16.6. The van der Waals surface area contributed by atoms with E-state index in [1.807, 2.05) is 20.8 Å². The fraction of sp³-hybridized carbons (Fsp3) is 0.833. The summed E-state index contributed by atoms with van der Waals surface area (Å²) in [6.07, 6.45) is 1.30. The maximum absolute atomic E-state index is 11.6. The van der Waals surface area contributed by atoms with Crippen molar-refractivity contribution in [3.63, 3.8) is 0 Å². The molecule has 4 heteroatoms. The van der Waals surface area contributed by atoms with Crippen LogP contribution in [0.15, 0.2) is 0 Å². The summed E-state index contributed by atoms with van der Waals surface area (Å²) in [5, 5.41) is 0. The summed E-state index contributed by atoms with van der Waals surface area (Å²) in [5.41, 5.74) is 5.12. The van der Waals surface area contributed by atoms with Crippen molar-refractivity contribution in [1.82, 2.24) is 0 Å². The average Bonchev–Trinajstić information content (AvgIpc) is 2.42. The third-order valence-electron chi connectivity index (χ3n) is 2.80. The molecule has 1 aliphatic carbocycles. The Labute approximate surface area is 96.5 Å². The van der Waals surface area contributed by atoms with Crippen molar-refractivity contribution in [2.75, 3.05) is 6.54 Å². The van der Waals surface area contributed by atoms with E-state index in [9.17, 15) is 9.59 Å². The van der Waals surface area contributed by atoms with Crippen molar-refractivity contribution in [2.24, 2.45) is 17.6 Å². The molecule has 2 atom stereocenters. The zero-order valence-corrected chi connectivity index (χ0v) is 10.3. The van der Waals surface area contributed by atoms with E-state index in [4.69, 9.17) is 10.5 Å². The van der Waals surface area contributed by atoms with Crippen LogP contribution >= 0.6 is 0 Å². The molecule has 2 unspecified atom stereocenters. The van der Waals surface area contributed by atoms with Gasteiger partial charge in [-0.3, -0.25) is 9.59 Å². The first-order valence-corrected chi connectivity index (χ1v) is 5.75. The zero-order chi connectivity index (χ0) is 12.3. The second-order valence-corrected chi connectivity index (χ2v) is 5.49. The minimum atomic E-state index is -0.460. The van der Waals surface area contributed by atoms with Crippen LogP contribution in [0, 0.1) is 11.8 Å². The highest BCUT2D eigenvalue weighted by Gasteiger charge is 2.34. The van der Waals surface area contributed by atoms with E-state index in [0.717, 1.165) is 0 Å². The molecular formula is C12H21NO3. The summed E-state index contributed by atoms with van der Waals surface area (Å²) in [6, 6.07) is 0. The molecule has 0 aliphatic heterocycles. The van der Waals surface area contributed by atoms with Crippen molar-refractivity contribution < 1.29 is 14.3 Å². The predicted octanol–water partition coefficient (Wildman–Crippen LogP) is 1.27. The van der Waals surface area contributed by atoms with Crippen LogP contribution in [-0.2, 0) is 14.3 Å². The Morgan fingerprint density at radius 1 is 1.38 bits per heavy atom. The van der Waals surface area contributed by atoms with Crippen molar-refractivity contribution in [1.29, 1.82) is 0 Å². The fourth-order valence-corrected chi connectivity index (χ4v) is 2.11. The molecule has 0 heterocycles. The Morgan fingerprint density at radius 2 is 1.94 bits per heavy atom. The Hall–Kier alpha value is -0.900. The van der Waals surface area contributed by atoms with Gasteiger partial charge in [0.25, 0.3) is 0 Å². The van der Waals surface area contributed by atoms with Crippen LogP contribution in [0.2, 0.25) is 0 Å². The van der Waals surface area contributed by atoms with Gasteiger partial charge in [0.1, 0.15) is 11.4 Å². The van der Waals surface area contributed by atoms with Gasteiger partial charge in [-0.15, -0.1) is 0 Å². The largest absolute Gasteiger partial charge is 0.460 e. The lowest BCUT2D eigenvalue weighted by Crippen LogP contribution is -2.27. The lowest BCUT2D eigenvalue weighted by atomic mass is 9.93. The number of nitrogens with two attached hydrogens (primary N) is 1. The molecule has 1 rings (SSSR count). The third-order valence-corrected chi connectivity index (χ3v) is 2.80. The van der Waals surface area contributed by atoms with Gasteiger partial charge in [-0.1, -0.05) is 0 Å². The van der Waals surface area contributed by atoms with Gasteiger partial charge in [-0.2, -0.15) is 0 Å². The maximum atomic E-state index is 11.6. The summed E-state index contributed by atoms with van der Waals surface area (Å²) in [5.74, 6) is 0.210. The number of hydrogen-bond donors (Lipinski definition) is 1. The molecule has 0 saturated heterocycles. The summed E-state index contributed by atoms with van der Waals surface area (Å²) >= 11 is 0. The molecule has 0 aromatic carbocycles. The smallest absolute Gasteiger partial charge is 0.306 e. The van der Waals surface area contributed by atoms with E-state index < -0.39 is 5.60 Å². The first kappa shape index (κ1) is 13.2. The van der Waals surface area contributed by atoms with Crippen LogP contribution in [0.3, 0.4) is 0 Å². The lowest BCUT2D eigenvalue weighted by Gasteiger charge is -2.22. The van der Waals surface area contributed by atoms with Crippen LogP contribution in [0.5, 0.6) is 0 Å². The van der Waals surface area contributed by atoms with Crippen LogP contribution in [0.25, 0.3) is 0 Å². The number of carbonyl (C=O) groups excluding carboxylic acids is 2. The Balaban J connectivity index is 2.47. The number of esters is 1. The lowest BCUT2D eigenvalue weighted by molar-refractivity contribution is -0.156. The summed E-state index contributed by atoms with van der Waals surface area (Å²) in [4.78, 5) is 22.9. The Morgan fingerprint density at radius 3 is 2.44 bits per heavy atom. The molecule has 0 aromatic heterocycles. The monoisotopic (exact) mass is 227 g/mol. The van der Waals surface area contributed by atoms with Crippen molar-refractivity contribution in [3.8, 4) is 0 Å². The topological polar surface area (TPSA) is 69.4 Å². The first-order valence-electron chi connectivity index (χ1n) is 5.75. The Kier molecular flexibility index (Phi) is 4.08. The Bertz CT molecular complexity index is 280.